The van der Waals surface area contributed by atoms with Crippen LogP contribution in [0.5, 0.6) is 0 Å². The average molecular weight is 1440 g/mol. The molecule has 3 fully saturated rings. The lowest BCUT2D eigenvalue weighted by molar-refractivity contribution is -0.272. The maximum absolute atomic E-state index is 13.7. The van der Waals surface area contributed by atoms with Crippen molar-refractivity contribution >= 4 is 61.0 Å². The zero-order valence-electron chi connectivity index (χ0n) is 55.1. The minimum absolute atomic E-state index is 0.00627. The van der Waals surface area contributed by atoms with Crippen molar-refractivity contribution in [3.8, 4) is 0 Å². The summed E-state index contributed by atoms with van der Waals surface area (Å²) in [5.41, 5.74) is 0. The summed E-state index contributed by atoms with van der Waals surface area (Å²) in [7, 11) is -3.19. The maximum Gasteiger partial charge on any atom is 0.471 e. The number of phosphoric ester groups is 1. The summed E-state index contributed by atoms with van der Waals surface area (Å²) in [6.45, 7) is -0.352. The highest BCUT2D eigenvalue weighted by Crippen LogP contribution is 2.41. The minimum atomic E-state index is -4.19. The predicted molar refractivity (Wildman–Crippen MR) is 328 cm³/mol. The van der Waals surface area contributed by atoms with Crippen LogP contribution < -0.4 is 47.9 Å². The number of ether oxygens (including phenoxy) is 10. The summed E-state index contributed by atoms with van der Waals surface area (Å²) in [6, 6.07) is -6.39. The normalized spacial score (nSPS) is 26.7. The fourth-order valence-corrected chi connectivity index (χ4v) is 10.1. The van der Waals surface area contributed by atoms with E-state index < -0.39 is 191 Å². The van der Waals surface area contributed by atoms with E-state index in [9.17, 15) is 98.6 Å². The first-order valence-corrected chi connectivity index (χ1v) is 33.2. The molecule has 0 spiro atoms. The van der Waals surface area contributed by atoms with Crippen molar-refractivity contribution in [2.24, 2.45) is 0 Å². The minimum Gasteiger partial charge on any atom is -0.394 e. The third-order valence-electron chi connectivity index (χ3n) is 14.7. The molecule has 0 aliphatic carbocycles. The lowest BCUT2D eigenvalue weighted by atomic mass is 9.97. The van der Waals surface area contributed by atoms with Crippen LogP contribution in [0.25, 0.3) is 0 Å². The molecule has 3 heterocycles. The highest BCUT2D eigenvalue weighted by molar-refractivity contribution is 7.47. The Morgan fingerprint density at radius 1 is 0.418 bits per heavy atom. The summed E-state index contributed by atoms with van der Waals surface area (Å²) in [6.07, 6.45) is -18.7. The smallest absolute Gasteiger partial charge is 0.394 e. The van der Waals surface area contributed by atoms with Crippen molar-refractivity contribution in [3.63, 3.8) is 0 Å². The van der Waals surface area contributed by atoms with Gasteiger partial charge in [-0.1, -0.05) is 0 Å². The molecule has 19 N–H and O–H groups in total. The molecule has 0 saturated carbocycles. The summed E-state index contributed by atoms with van der Waals surface area (Å²) < 4.78 is 75.6. The highest BCUT2D eigenvalue weighted by Gasteiger charge is 2.48. The standard InChI is InChI=1S/C56H100N9O32P/c1-31(69)61-43-49(79)46(76)36(28-66)95-54(43)91-24-20-87-16-13-58-40(73)10-8-34(52(82)59-14-18-88-21-25-92-55-44(62-32(2)70)50(80)47(77)37(29-67)96-55)65-42(75)11-9-35(64-41(74)7-5-6-39(72)57-12-17-90-23-27-94-98(84,85)86-4)53(83)60-15-19-89-22-26-93-56-45(63-33(3)71)51(81)48(78)38(30-68)97-56/h34-38,43-51,54-56,66-68,76-81H,5-30H2,1-4H3,(H,57,72)(H,58,73)(H,59,82)(H,60,83)(H,61,69)(H,62,70)(H,63,71)(H,64,74)(H,65,75)(H,84,85)/t34-,35-,36?,37?,38?,43?,44?,45?,46?,47?,48?,49?,50?,51?,54?,55?,56?/m0/s1. The van der Waals surface area contributed by atoms with Gasteiger partial charge in [-0.3, -0.25) is 52.2 Å². The van der Waals surface area contributed by atoms with Crippen molar-refractivity contribution in [1.29, 1.82) is 0 Å². The Kier molecular flexibility index (Phi) is 42.2. The van der Waals surface area contributed by atoms with Gasteiger partial charge in [0.1, 0.15) is 85.1 Å². The Bertz CT molecular complexity index is 2470. The number of aliphatic hydroxyl groups is 9. The molecule has 9 amide bonds. The van der Waals surface area contributed by atoms with Crippen LogP contribution in [-0.2, 0) is 104 Å². The maximum atomic E-state index is 13.7. The number of phosphoric acid groups is 1. The number of aliphatic hydroxyl groups excluding tert-OH is 9. The van der Waals surface area contributed by atoms with Gasteiger partial charge in [-0.2, -0.15) is 0 Å². The first-order chi connectivity index (χ1) is 46.7. The zero-order chi connectivity index (χ0) is 72.7. The van der Waals surface area contributed by atoms with Crippen molar-refractivity contribution < 1.29 is 155 Å². The van der Waals surface area contributed by atoms with Crippen molar-refractivity contribution in [1.82, 2.24) is 47.9 Å². The Balaban J connectivity index is 1.64. The summed E-state index contributed by atoms with van der Waals surface area (Å²) in [5.74, 6) is -5.78. The van der Waals surface area contributed by atoms with Gasteiger partial charge in [-0.15, -0.1) is 0 Å². The van der Waals surface area contributed by atoms with Crippen LogP contribution >= 0.6 is 7.82 Å². The van der Waals surface area contributed by atoms with Crippen LogP contribution in [0.2, 0.25) is 0 Å². The second kappa shape index (κ2) is 47.6. The lowest BCUT2D eigenvalue weighted by Crippen LogP contribution is -2.64. The number of amides is 9. The van der Waals surface area contributed by atoms with E-state index in [0.29, 0.717) is 0 Å². The monoisotopic (exact) mass is 1440 g/mol. The number of hydrogen-bond donors (Lipinski definition) is 19. The lowest BCUT2D eigenvalue weighted by Gasteiger charge is -2.42. The number of hydrogen-bond acceptors (Lipinski definition) is 31. The molecule has 0 aromatic carbocycles. The van der Waals surface area contributed by atoms with Crippen molar-refractivity contribution in [2.45, 2.75) is 170 Å². The first kappa shape index (κ1) is 86.8. The third-order valence-corrected chi connectivity index (χ3v) is 15.6. The quantitative estimate of drug-likeness (QED) is 0.0199. The van der Waals surface area contributed by atoms with Gasteiger partial charge in [-0.25, -0.2) is 4.57 Å². The molecule has 0 radical (unpaired) electrons. The van der Waals surface area contributed by atoms with Crippen LogP contribution in [0, 0.1) is 0 Å². The van der Waals surface area contributed by atoms with E-state index in [4.69, 9.17) is 47.4 Å². The van der Waals surface area contributed by atoms with E-state index in [1.54, 1.807) is 0 Å². The Morgan fingerprint density at radius 3 is 1.06 bits per heavy atom. The molecular formula is C56H100N9O32P. The van der Waals surface area contributed by atoms with E-state index in [-0.39, 0.29) is 144 Å². The highest BCUT2D eigenvalue weighted by atomic mass is 31.2. The molecule has 0 bridgehead atoms. The summed E-state index contributed by atoms with van der Waals surface area (Å²) in [4.78, 5) is 125. The topological polar surface area (TPSA) is 592 Å². The van der Waals surface area contributed by atoms with Gasteiger partial charge >= 0.3 is 7.82 Å². The van der Waals surface area contributed by atoms with Crippen LogP contribution in [0.3, 0.4) is 0 Å². The molecule has 0 aromatic rings. The third kappa shape index (κ3) is 32.9. The molecule has 98 heavy (non-hydrogen) atoms. The molecule has 18 atom stereocenters. The zero-order valence-corrected chi connectivity index (χ0v) is 56.0. The molecule has 3 rings (SSSR count). The number of rotatable bonds is 49. The molecule has 42 heteroatoms. The SMILES string of the molecule is COP(=O)(O)OCCOCCNC(=O)CCCC(=O)N[C@@H](CCC(=O)N[C@@H](CCC(=O)NCCOCCOC1OC(CO)C(O)C(O)C1NC(C)=O)C(=O)NCCOCCOC1OC(CO)C(O)C(O)C1NC(C)=O)C(=O)NCCOCCOC1OC(CO)C(O)C(O)C1NC(C)=O. The number of carbonyl (C=O) groups excluding carboxylic acids is 9. The summed E-state index contributed by atoms with van der Waals surface area (Å²) in [5, 5.41) is 114. The van der Waals surface area contributed by atoms with E-state index in [0.717, 1.165) is 7.11 Å². The van der Waals surface area contributed by atoms with Gasteiger partial charge in [0, 0.05) is 79.7 Å². The average Bonchev–Trinajstić information content (AvgIpc) is 0.825. The van der Waals surface area contributed by atoms with Crippen LogP contribution in [0.4, 0.5) is 0 Å². The molecule has 0 aromatic heterocycles. The van der Waals surface area contributed by atoms with Gasteiger partial charge in [-0.05, 0) is 19.3 Å². The number of carbonyl (C=O) groups is 9. The van der Waals surface area contributed by atoms with Crippen molar-refractivity contribution in [2.75, 3.05) is 132 Å². The molecule has 3 saturated heterocycles. The van der Waals surface area contributed by atoms with Crippen LogP contribution in [-0.4, -0.2) is 340 Å². The predicted octanol–water partition coefficient (Wildman–Crippen LogP) is -10.1. The van der Waals surface area contributed by atoms with E-state index >= 15 is 0 Å². The van der Waals surface area contributed by atoms with Crippen LogP contribution in [0.1, 0.15) is 65.7 Å². The van der Waals surface area contributed by atoms with Gasteiger partial charge in [0.2, 0.25) is 53.2 Å². The molecule has 3 aliphatic heterocycles. The Morgan fingerprint density at radius 2 is 0.724 bits per heavy atom. The molecule has 16 unspecified atom stereocenters. The second-order valence-electron chi connectivity index (χ2n) is 22.3. The fourth-order valence-electron chi connectivity index (χ4n) is 9.65. The molecule has 41 nitrogen and oxygen atoms in total. The van der Waals surface area contributed by atoms with Gasteiger partial charge in [0.25, 0.3) is 0 Å². The van der Waals surface area contributed by atoms with E-state index in [1.807, 2.05) is 0 Å². The van der Waals surface area contributed by atoms with Gasteiger partial charge in [0.05, 0.1) is 99.1 Å². The van der Waals surface area contributed by atoms with Crippen LogP contribution in [0.15, 0.2) is 0 Å². The Labute approximate surface area is 564 Å². The van der Waals surface area contributed by atoms with Crippen molar-refractivity contribution in [3.05, 3.63) is 0 Å². The second-order valence-corrected chi connectivity index (χ2v) is 23.9. The molecule has 3 aliphatic rings. The van der Waals surface area contributed by atoms with Gasteiger partial charge < -0.3 is 146 Å². The molecular weight excluding hydrogens is 1340 g/mol. The Hall–Kier alpha value is -5.42. The fraction of sp³-hybridized carbons (Fsp3) is 0.839. The largest absolute Gasteiger partial charge is 0.471 e. The number of nitrogens with one attached hydrogen (secondary N) is 9. The van der Waals surface area contributed by atoms with E-state index in [2.05, 4.69) is 56.9 Å². The molecule has 566 valence electrons. The first-order valence-electron chi connectivity index (χ1n) is 31.7. The summed E-state index contributed by atoms with van der Waals surface area (Å²) >= 11 is 0. The van der Waals surface area contributed by atoms with Gasteiger partial charge in [0.15, 0.2) is 18.9 Å². The van der Waals surface area contributed by atoms with E-state index in [1.165, 1.54) is 20.8 Å².